The van der Waals surface area contributed by atoms with Gasteiger partial charge < -0.3 is 10.2 Å². The first-order chi connectivity index (χ1) is 18.5. The molecule has 0 radical (unpaired) electrons. The summed E-state index contributed by atoms with van der Waals surface area (Å²) in [6, 6.07) is 19.3. The lowest BCUT2D eigenvalue weighted by Crippen LogP contribution is -2.51. The van der Waals surface area contributed by atoms with Gasteiger partial charge in [-0.05, 0) is 74.4 Å². The Morgan fingerprint density at radius 2 is 1.69 bits per heavy atom. The number of carbonyl (C=O) groups is 2. The fourth-order valence-corrected chi connectivity index (χ4v) is 5.91. The molecule has 0 aliphatic carbocycles. The number of anilines is 1. The van der Waals surface area contributed by atoms with Crippen molar-refractivity contribution in [2.24, 2.45) is 0 Å². The first kappa shape index (κ1) is 30.7. The molecule has 0 heterocycles. The number of nitrogens with one attached hydrogen (secondary N) is 1. The summed E-state index contributed by atoms with van der Waals surface area (Å²) in [6.45, 7) is 5.66. The third kappa shape index (κ3) is 8.30. The third-order valence-corrected chi connectivity index (χ3v) is 8.77. The molecule has 0 aliphatic heterocycles. The van der Waals surface area contributed by atoms with Crippen molar-refractivity contribution >= 4 is 55.1 Å². The minimum absolute atomic E-state index is 0.0553. The van der Waals surface area contributed by atoms with Gasteiger partial charge in [0.2, 0.25) is 11.8 Å². The van der Waals surface area contributed by atoms with Crippen LogP contribution >= 0.6 is 27.5 Å². The maximum atomic E-state index is 13.9. The van der Waals surface area contributed by atoms with Crippen molar-refractivity contribution in [2.45, 2.75) is 51.1 Å². The van der Waals surface area contributed by atoms with Gasteiger partial charge in [0.05, 0.1) is 10.6 Å². The number of unbranched alkanes of at least 4 members (excludes halogenated alkanes) is 1. The molecule has 0 bridgehead atoms. The van der Waals surface area contributed by atoms with Crippen LogP contribution < -0.4 is 9.62 Å². The quantitative estimate of drug-likeness (QED) is 0.250. The normalized spacial score (nSPS) is 12.0. The number of hydrogen-bond acceptors (Lipinski definition) is 4. The molecule has 0 fully saturated rings. The van der Waals surface area contributed by atoms with Crippen LogP contribution in [-0.4, -0.2) is 44.3 Å². The Bertz CT molecular complexity index is 1380. The van der Waals surface area contributed by atoms with Gasteiger partial charge in [-0.2, -0.15) is 0 Å². The zero-order valence-corrected chi connectivity index (χ0v) is 25.4. The highest BCUT2D eigenvalue weighted by molar-refractivity contribution is 9.10. The van der Waals surface area contributed by atoms with E-state index in [4.69, 9.17) is 11.6 Å². The lowest BCUT2D eigenvalue weighted by Gasteiger charge is -2.32. The van der Waals surface area contributed by atoms with E-state index < -0.39 is 28.5 Å². The monoisotopic (exact) mass is 633 g/mol. The van der Waals surface area contributed by atoms with Crippen LogP contribution in [0.1, 0.15) is 37.8 Å². The molecule has 39 heavy (non-hydrogen) atoms. The molecule has 3 aromatic carbocycles. The van der Waals surface area contributed by atoms with Gasteiger partial charge in [0.25, 0.3) is 10.0 Å². The average molecular weight is 635 g/mol. The Balaban J connectivity index is 1.99. The van der Waals surface area contributed by atoms with Gasteiger partial charge in [0.1, 0.15) is 12.6 Å². The Morgan fingerprint density at radius 1 is 1.03 bits per heavy atom. The predicted molar refractivity (Wildman–Crippen MR) is 159 cm³/mol. The highest BCUT2D eigenvalue weighted by atomic mass is 79.9. The van der Waals surface area contributed by atoms with E-state index in [1.165, 1.54) is 17.0 Å². The number of hydrogen-bond donors (Lipinski definition) is 1. The summed E-state index contributed by atoms with van der Waals surface area (Å²) in [6.07, 6.45) is 1.74. The minimum atomic E-state index is -4.12. The molecule has 0 saturated carbocycles. The van der Waals surface area contributed by atoms with Gasteiger partial charge in [0, 0.05) is 22.6 Å². The van der Waals surface area contributed by atoms with Crippen LogP contribution in [-0.2, 0) is 26.2 Å². The largest absolute Gasteiger partial charge is 0.354 e. The second-order valence-corrected chi connectivity index (χ2v) is 12.5. The smallest absolute Gasteiger partial charge is 0.264 e. The van der Waals surface area contributed by atoms with Gasteiger partial charge >= 0.3 is 0 Å². The Hall–Kier alpha value is -2.88. The van der Waals surface area contributed by atoms with Crippen molar-refractivity contribution in [1.29, 1.82) is 0 Å². The van der Waals surface area contributed by atoms with Crippen LogP contribution in [0.25, 0.3) is 0 Å². The van der Waals surface area contributed by atoms with E-state index in [-0.39, 0.29) is 23.0 Å². The number of aryl methyl sites for hydroxylation is 1. The number of amides is 2. The van der Waals surface area contributed by atoms with Gasteiger partial charge in [-0.15, -0.1) is 0 Å². The maximum absolute atomic E-state index is 13.9. The second kappa shape index (κ2) is 14.0. The molecule has 0 saturated heterocycles. The van der Waals surface area contributed by atoms with Crippen molar-refractivity contribution in [1.82, 2.24) is 10.2 Å². The Morgan fingerprint density at radius 3 is 2.31 bits per heavy atom. The van der Waals surface area contributed by atoms with Crippen LogP contribution in [0.5, 0.6) is 0 Å². The molecule has 1 N–H and O–H groups in total. The van der Waals surface area contributed by atoms with Crippen molar-refractivity contribution in [3.63, 3.8) is 0 Å². The van der Waals surface area contributed by atoms with Crippen LogP contribution in [0.3, 0.4) is 0 Å². The van der Waals surface area contributed by atoms with E-state index in [9.17, 15) is 18.0 Å². The Kier molecular flexibility index (Phi) is 11.0. The number of nitrogens with zero attached hydrogens (tertiary/aromatic N) is 2. The summed E-state index contributed by atoms with van der Waals surface area (Å²) in [5.74, 6) is -0.815. The van der Waals surface area contributed by atoms with Crippen molar-refractivity contribution in [3.05, 3.63) is 93.4 Å². The molecule has 3 rings (SSSR count). The van der Waals surface area contributed by atoms with Gasteiger partial charge in [-0.3, -0.25) is 13.9 Å². The number of benzene rings is 3. The van der Waals surface area contributed by atoms with Crippen LogP contribution in [0.15, 0.2) is 82.2 Å². The molecular weight excluding hydrogens is 602 g/mol. The molecule has 0 spiro atoms. The van der Waals surface area contributed by atoms with Gasteiger partial charge in [-0.1, -0.05) is 70.7 Å². The Labute approximate surface area is 244 Å². The first-order valence-electron chi connectivity index (χ1n) is 12.7. The van der Waals surface area contributed by atoms with Crippen LogP contribution in [0.4, 0.5) is 5.69 Å². The van der Waals surface area contributed by atoms with Crippen molar-refractivity contribution in [2.75, 3.05) is 17.4 Å². The van der Waals surface area contributed by atoms with E-state index in [1.807, 2.05) is 38.1 Å². The molecule has 0 aromatic heterocycles. The molecule has 208 valence electrons. The van der Waals surface area contributed by atoms with Crippen molar-refractivity contribution in [3.8, 4) is 0 Å². The van der Waals surface area contributed by atoms with E-state index in [2.05, 4.69) is 21.2 Å². The summed E-state index contributed by atoms with van der Waals surface area (Å²) in [7, 11) is -4.12. The summed E-state index contributed by atoms with van der Waals surface area (Å²) in [5.41, 5.74) is 1.99. The lowest BCUT2D eigenvalue weighted by molar-refractivity contribution is -0.139. The zero-order chi connectivity index (χ0) is 28.6. The van der Waals surface area contributed by atoms with Gasteiger partial charge in [-0.25, -0.2) is 8.42 Å². The highest BCUT2D eigenvalue weighted by Crippen LogP contribution is 2.26. The summed E-state index contributed by atoms with van der Waals surface area (Å²) < 4.78 is 29.5. The SMILES string of the molecule is CCCCNC(=O)[C@H](C)N(Cc1cccc(Br)c1)C(=O)CN(c1ccc(Cl)cc1)S(=O)(=O)c1ccc(C)cc1. The fraction of sp³-hybridized carbons (Fsp3) is 0.310. The summed E-state index contributed by atoms with van der Waals surface area (Å²) >= 11 is 9.51. The molecule has 2 amide bonds. The topological polar surface area (TPSA) is 86.8 Å². The van der Waals surface area contributed by atoms with E-state index in [0.29, 0.717) is 11.6 Å². The summed E-state index contributed by atoms with van der Waals surface area (Å²) in [4.78, 5) is 28.4. The van der Waals surface area contributed by atoms with E-state index in [0.717, 1.165) is 32.7 Å². The molecule has 0 unspecified atom stereocenters. The minimum Gasteiger partial charge on any atom is -0.354 e. The van der Waals surface area contributed by atoms with Gasteiger partial charge in [0.15, 0.2) is 0 Å². The van der Waals surface area contributed by atoms with Crippen molar-refractivity contribution < 1.29 is 18.0 Å². The number of rotatable bonds is 12. The first-order valence-corrected chi connectivity index (χ1v) is 15.3. The third-order valence-electron chi connectivity index (χ3n) is 6.24. The molecule has 0 aliphatic rings. The standard InChI is InChI=1S/C29H33BrClN3O4S/c1-4-5-17-32-29(36)22(3)33(19-23-7-6-8-24(30)18-23)28(35)20-34(26-13-11-25(31)12-14-26)39(37,38)27-15-9-21(2)10-16-27/h6-16,18,22H,4-5,17,19-20H2,1-3H3,(H,32,36)/t22-/m0/s1. The van der Waals surface area contributed by atoms with E-state index in [1.54, 1.807) is 43.3 Å². The second-order valence-electron chi connectivity index (χ2n) is 9.27. The predicted octanol–water partition coefficient (Wildman–Crippen LogP) is 5.94. The fourth-order valence-electron chi connectivity index (χ4n) is 3.92. The number of sulfonamides is 1. The lowest BCUT2D eigenvalue weighted by atomic mass is 10.1. The average Bonchev–Trinajstić information content (AvgIpc) is 2.90. The summed E-state index contributed by atoms with van der Waals surface area (Å²) in [5, 5.41) is 3.32. The molecule has 1 atom stereocenters. The molecular formula is C29H33BrClN3O4S. The molecule has 10 heteroatoms. The van der Waals surface area contributed by atoms with Crippen LogP contribution in [0, 0.1) is 6.92 Å². The highest BCUT2D eigenvalue weighted by Gasteiger charge is 2.32. The molecule has 7 nitrogen and oxygen atoms in total. The van der Waals surface area contributed by atoms with E-state index >= 15 is 0 Å². The van der Waals surface area contributed by atoms with Crippen LogP contribution in [0.2, 0.25) is 5.02 Å². The number of halogens is 2. The zero-order valence-electron chi connectivity index (χ0n) is 22.2. The number of carbonyl (C=O) groups excluding carboxylic acids is 2. The molecule has 3 aromatic rings. The maximum Gasteiger partial charge on any atom is 0.264 e.